The van der Waals surface area contributed by atoms with Crippen molar-refractivity contribution in [2.75, 3.05) is 19.1 Å². The van der Waals surface area contributed by atoms with Gasteiger partial charge in [0.1, 0.15) is 6.04 Å². The minimum absolute atomic E-state index is 0.265. The predicted octanol–water partition coefficient (Wildman–Crippen LogP) is -0.291. The Morgan fingerprint density at radius 3 is 2.50 bits per heavy atom. The standard InChI is InChI=1S/C10H15N3O3/c1-8(14)12-9(10(15)16-2)7-11-13-5-3-4-6-13/h3-6,9,11H,7H2,1-2H3,(H,12,14). The summed E-state index contributed by atoms with van der Waals surface area (Å²) >= 11 is 0. The van der Waals surface area contributed by atoms with E-state index >= 15 is 0 Å². The molecule has 0 saturated carbocycles. The van der Waals surface area contributed by atoms with Gasteiger partial charge in [0.15, 0.2) is 0 Å². The van der Waals surface area contributed by atoms with Crippen LogP contribution >= 0.6 is 0 Å². The molecule has 0 aliphatic carbocycles. The first kappa shape index (κ1) is 12.1. The van der Waals surface area contributed by atoms with Crippen LogP contribution in [0.1, 0.15) is 6.92 Å². The van der Waals surface area contributed by atoms with Crippen molar-refractivity contribution in [3.8, 4) is 0 Å². The molecule has 0 saturated heterocycles. The number of nitrogens with zero attached hydrogens (tertiary/aromatic N) is 1. The fraction of sp³-hybridized carbons (Fsp3) is 0.400. The van der Waals surface area contributed by atoms with Gasteiger partial charge in [-0.3, -0.25) is 9.47 Å². The van der Waals surface area contributed by atoms with Gasteiger partial charge in [-0.1, -0.05) is 0 Å². The van der Waals surface area contributed by atoms with Crippen molar-refractivity contribution in [2.45, 2.75) is 13.0 Å². The van der Waals surface area contributed by atoms with Crippen molar-refractivity contribution in [1.29, 1.82) is 0 Å². The Kier molecular flexibility index (Phi) is 4.38. The van der Waals surface area contributed by atoms with Crippen LogP contribution < -0.4 is 10.7 Å². The largest absolute Gasteiger partial charge is 0.467 e. The van der Waals surface area contributed by atoms with Gasteiger partial charge in [-0.25, -0.2) is 4.79 Å². The van der Waals surface area contributed by atoms with Crippen molar-refractivity contribution < 1.29 is 14.3 Å². The molecule has 6 heteroatoms. The molecule has 1 rings (SSSR count). The van der Waals surface area contributed by atoms with E-state index in [1.54, 1.807) is 17.1 Å². The summed E-state index contributed by atoms with van der Waals surface area (Å²) in [6, 6.07) is 3.00. The van der Waals surface area contributed by atoms with Crippen LogP contribution in [0.2, 0.25) is 0 Å². The lowest BCUT2D eigenvalue weighted by molar-refractivity contribution is -0.144. The normalized spacial score (nSPS) is 11.6. The molecule has 2 N–H and O–H groups in total. The van der Waals surface area contributed by atoms with Crippen LogP contribution in [0.4, 0.5) is 0 Å². The predicted molar refractivity (Wildman–Crippen MR) is 58.3 cm³/mol. The Bertz CT molecular complexity index is 348. The first-order valence-corrected chi connectivity index (χ1v) is 4.85. The number of hydrogen-bond acceptors (Lipinski definition) is 4. The molecule has 1 aromatic rings. The van der Waals surface area contributed by atoms with Crippen molar-refractivity contribution in [2.24, 2.45) is 0 Å². The summed E-state index contributed by atoms with van der Waals surface area (Å²) in [6.45, 7) is 1.62. The fourth-order valence-corrected chi connectivity index (χ4v) is 1.22. The van der Waals surface area contributed by atoms with E-state index in [9.17, 15) is 9.59 Å². The van der Waals surface area contributed by atoms with Gasteiger partial charge in [0.05, 0.1) is 13.7 Å². The van der Waals surface area contributed by atoms with Gasteiger partial charge in [0, 0.05) is 19.3 Å². The zero-order valence-corrected chi connectivity index (χ0v) is 9.27. The van der Waals surface area contributed by atoms with Crippen molar-refractivity contribution in [3.05, 3.63) is 24.5 Å². The third kappa shape index (κ3) is 3.64. The summed E-state index contributed by atoms with van der Waals surface area (Å²) in [5.74, 6) is -0.750. The summed E-state index contributed by atoms with van der Waals surface area (Å²) < 4.78 is 6.27. The molecule has 1 unspecified atom stereocenters. The van der Waals surface area contributed by atoms with Crippen LogP contribution in [0.15, 0.2) is 24.5 Å². The van der Waals surface area contributed by atoms with Crippen molar-refractivity contribution in [3.63, 3.8) is 0 Å². The molecule has 0 radical (unpaired) electrons. The van der Waals surface area contributed by atoms with Gasteiger partial charge >= 0.3 is 5.97 Å². The van der Waals surface area contributed by atoms with Gasteiger partial charge in [-0.2, -0.15) is 0 Å². The highest BCUT2D eigenvalue weighted by molar-refractivity contribution is 5.83. The number of esters is 1. The van der Waals surface area contributed by atoms with Crippen LogP contribution in [-0.4, -0.2) is 36.2 Å². The molecule has 0 fully saturated rings. The highest BCUT2D eigenvalue weighted by Gasteiger charge is 2.19. The highest BCUT2D eigenvalue weighted by atomic mass is 16.5. The van der Waals surface area contributed by atoms with Gasteiger partial charge < -0.3 is 15.5 Å². The van der Waals surface area contributed by atoms with Crippen LogP contribution in [0.3, 0.4) is 0 Å². The third-order valence-corrected chi connectivity index (χ3v) is 1.95. The Balaban J connectivity index is 2.50. The summed E-state index contributed by atoms with van der Waals surface area (Å²) in [5.41, 5.74) is 2.95. The first-order valence-electron chi connectivity index (χ1n) is 4.85. The summed E-state index contributed by atoms with van der Waals surface area (Å²) in [7, 11) is 1.28. The van der Waals surface area contributed by atoms with Gasteiger partial charge in [-0.05, 0) is 12.1 Å². The summed E-state index contributed by atoms with van der Waals surface area (Å²) in [4.78, 5) is 22.2. The Morgan fingerprint density at radius 1 is 1.38 bits per heavy atom. The fourth-order valence-electron chi connectivity index (χ4n) is 1.22. The smallest absolute Gasteiger partial charge is 0.330 e. The molecule has 1 amide bonds. The van der Waals surface area contributed by atoms with E-state index in [0.29, 0.717) is 0 Å². The second kappa shape index (κ2) is 5.79. The third-order valence-electron chi connectivity index (χ3n) is 1.95. The molecule has 0 spiro atoms. The minimum Gasteiger partial charge on any atom is -0.467 e. The number of nitrogens with one attached hydrogen (secondary N) is 2. The van der Waals surface area contributed by atoms with E-state index in [1.165, 1.54) is 14.0 Å². The molecule has 1 atom stereocenters. The number of amides is 1. The number of rotatable bonds is 5. The molecule has 0 aliphatic rings. The highest BCUT2D eigenvalue weighted by Crippen LogP contribution is 1.90. The van der Waals surface area contributed by atoms with Gasteiger partial charge in [-0.15, -0.1) is 0 Å². The molecule has 16 heavy (non-hydrogen) atoms. The quantitative estimate of drug-likeness (QED) is 0.675. The maximum atomic E-state index is 11.3. The topological polar surface area (TPSA) is 72.4 Å². The van der Waals surface area contributed by atoms with E-state index in [0.717, 1.165) is 0 Å². The zero-order chi connectivity index (χ0) is 12.0. The lowest BCUT2D eigenvalue weighted by Crippen LogP contribution is -2.46. The maximum absolute atomic E-state index is 11.3. The molecule has 1 aromatic heterocycles. The summed E-state index contributed by atoms with van der Waals surface area (Å²) in [6.07, 6.45) is 3.59. The zero-order valence-electron chi connectivity index (χ0n) is 9.27. The SMILES string of the molecule is COC(=O)C(CNn1cccc1)NC(C)=O. The number of carbonyl (C=O) groups excluding carboxylic acids is 2. The van der Waals surface area contributed by atoms with Crippen LogP contribution in [0.5, 0.6) is 0 Å². The van der Waals surface area contributed by atoms with E-state index in [1.807, 2.05) is 12.1 Å². The minimum atomic E-state index is -0.690. The molecular formula is C10H15N3O3. The van der Waals surface area contributed by atoms with Gasteiger partial charge in [0.2, 0.25) is 5.91 Å². The molecule has 0 aliphatic heterocycles. The second-order valence-electron chi connectivity index (χ2n) is 3.23. The molecule has 88 valence electrons. The lowest BCUT2D eigenvalue weighted by Gasteiger charge is -2.17. The molecule has 6 nitrogen and oxygen atoms in total. The Hall–Kier alpha value is -1.98. The summed E-state index contributed by atoms with van der Waals surface area (Å²) in [5, 5.41) is 2.50. The first-order chi connectivity index (χ1) is 7.63. The van der Waals surface area contributed by atoms with Crippen molar-refractivity contribution >= 4 is 11.9 Å². The molecule has 0 aromatic carbocycles. The second-order valence-corrected chi connectivity index (χ2v) is 3.23. The average Bonchev–Trinajstić information content (AvgIpc) is 2.75. The number of aromatic nitrogens is 1. The van der Waals surface area contributed by atoms with Crippen LogP contribution in [0, 0.1) is 0 Å². The molecule has 0 bridgehead atoms. The van der Waals surface area contributed by atoms with Crippen LogP contribution in [-0.2, 0) is 14.3 Å². The average molecular weight is 225 g/mol. The van der Waals surface area contributed by atoms with Crippen molar-refractivity contribution in [1.82, 2.24) is 9.99 Å². The van der Waals surface area contributed by atoms with E-state index in [2.05, 4.69) is 15.5 Å². The number of ether oxygens (including phenoxy) is 1. The van der Waals surface area contributed by atoms with E-state index in [4.69, 9.17) is 0 Å². The number of methoxy groups -OCH3 is 1. The van der Waals surface area contributed by atoms with E-state index in [-0.39, 0.29) is 12.5 Å². The Morgan fingerprint density at radius 2 is 2.00 bits per heavy atom. The lowest BCUT2D eigenvalue weighted by atomic mass is 10.3. The Labute approximate surface area is 93.5 Å². The molecular weight excluding hydrogens is 210 g/mol. The number of hydrogen-bond donors (Lipinski definition) is 2. The van der Waals surface area contributed by atoms with Gasteiger partial charge in [0.25, 0.3) is 0 Å². The molecule has 1 heterocycles. The number of carbonyl (C=O) groups is 2. The van der Waals surface area contributed by atoms with E-state index < -0.39 is 12.0 Å². The maximum Gasteiger partial charge on any atom is 0.330 e. The monoisotopic (exact) mass is 225 g/mol. The van der Waals surface area contributed by atoms with Crippen LogP contribution in [0.25, 0.3) is 0 Å².